The largest absolute Gasteiger partial charge is 0.312 e. The standard InChI is InChI=1S/C17H32N2/c1-19-11-5-4-8-17(19)13-18-16-10-9-14-6-2-3-7-15(14)12-16/h14-18H,2-13H2,1H3. The van der Waals surface area contributed by atoms with E-state index in [0.717, 1.165) is 23.9 Å². The molecule has 3 fully saturated rings. The van der Waals surface area contributed by atoms with E-state index in [4.69, 9.17) is 0 Å². The molecular formula is C17H32N2. The van der Waals surface area contributed by atoms with E-state index in [-0.39, 0.29) is 0 Å². The van der Waals surface area contributed by atoms with Crippen molar-refractivity contribution in [1.82, 2.24) is 10.2 Å². The highest BCUT2D eigenvalue weighted by Gasteiger charge is 2.32. The Morgan fingerprint density at radius 1 is 0.895 bits per heavy atom. The zero-order valence-corrected chi connectivity index (χ0v) is 12.7. The summed E-state index contributed by atoms with van der Waals surface area (Å²) in [4.78, 5) is 2.57. The van der Waals surface area contributed by atoms with Crippen LogP contribution in [0.5, 0.6) is 0 Å². The van der Waals surface area contributed by atoms with E-state index >= 15 is 0 Å². The predicted octanol–water partition coefficient (Wildman–Crippen LogP) is 3.42. The summed E-state index contributed by atoms with van der Waals surface area (Å²) in [6.07, 6.45) is 14.7. The van der Waals surface area contributed by atoms with Crippen LogP contribution in [0.15, 0.2) is 0 Å². The molecule has 0 amide bonds. The first-order chi connectivity index (χ1) is 9.33. The van der Waals surface area contributed by atoms with Gasteiger partial charge in [-0.3, -0.25) is 0 Å². The second-order valence-electron chi connectivity index (χ2n) is 7.35. The lowest BCUT2D eigenvalue weighted by atomic mass is 9.69. The second kappa shape index (κ2) is 6.58. The maximum Gasteiger partial charge on any atom is 0.0217 e. The van der Waals surface area contributed by atoms with Gasteiger partial charge in [-0.1, -0.05) is 32.1 Å². The minimum Gasteiger partial charge on any atom is -0.312 e. The molecule has 0 aromatic heterocycles. The number of likely N-dealkylation sites (tertiary alicyclic amines) is 1. The first-order valence-corrected chi connectivity index (χ1v) is 8.76. The molecule has 1 heterocycles. The fourth-order valence-corrected chi connectivity index (χ4v) is 4.76. The summed E-state index contributed by atoms with van der Waals surface area (Å²) in [5, 5.41) is 3.91. The number of rotatable bonds is 3. The molecule has 0 spiro atoms. The fourth-order valence-electron chi connectivity index (χ4n) is 4.76. The van der Waals surface area contributed by atoms with Crippen LogP contribution in [0.25, 0.3) is 0 Å². The van der Waals surface area contributed by atoms with Gasteiger partial charge >= 0.3 is 0 Å². The molecule has 2 heteroatoms. The van der Waals surface area contributed by atoms with Crippen molar-refractivity contribution in [3.63, 3.8) is 0 Å². The van der Waals surface area contributed by atoms with Crippen LogP contribution >= 0.6 is 0 Å². The molecule has 2 nitrogen and oxygen atoms in total. The lowest BCUT2D eigenvalue weighted by Crippen LogP contribution is -2.47. The topological polar surface area (TPSA) is 15.3 Å². The molecule has 110 valence electrons. The molecule has 4 unspecified atom stereocenters. The Kier molecular flexibility index (Phi) is 4.81. The van der Waals surface area contributed by atoms with E-state index in [9.17, 15) is 0 Å². The van der Waals surface area contributed by atoms with Crippen LogP contribution in [0.3, 0.4) is 0 Å². The van der Waals surface area contributed by atoms with E-state index in [0.29, 0.717) is 0 Å². The van der Waals surface area contributed by atoms with Gasteiger partial charge in [-0.05, 0) is 57.5 Å². The van der Waals surface area contributed by atoms with Crippen LogP contribution in [-0.2, 0) is 0 Å². The maximum absolute atomic E-state index is 3.91. The van der Waals surface area contributed by atoms with Crippen molar-refractivity contribution in [2.75, 3.05) is 20.1 Å². The highest BCUT2D eigenvalue weighted by molar-refractivity contribution is 4.87. The minimum absolute atomic E-state index is 0.804. The molecule has 19 heavy (non-hydrogen) atoms. The van der Waals surface area contributed by atoms with Crippen LogP contribution in [-0.4, -0.2) is 37.1 Å². The van der Waals surface area contributed by atoms with Crippen molar-refractivity contribution >= 4 is 0 Å². The molecular weight excluding hydrogens is 232 g/mol. The number of hydrogen-bond donors (Lipinski definition) is 1. The molecule has 0 aromatic rings. The van der Waals surface area contributed by atoms with E-state index < -0.39 is 0 Å². The van der Waals surface area contributed by atoms with Crippen LogP contribution in [0.1, 0.15) is 64.2 Å². The summed E-state index contributed by atoms with van der Waals surface area (Å²) in [5.74, 6) is 2.15. The number of hydrogen-bond acceptors (Lipinski definition) is 2. The summed E-state index contributed by atoms with van der Waals surface area (Å²) < 4.78 is 0. The first-order valence-electron chi connectivity index (χ1n) is 8.76. The van der Waals surface area contributed by atoms with Gasteiger partial charge in [0.2, 0.25) is 0 Å². The monoisotopic (exact) mass is 264 g/mol. The van der Waals surface area contributed by atoms with Crippen molar-refractivity contribution in [2.24, 2.45) is 11.8 Å². The predicted molar refractivity (Wildman–Crippen MR) is 81.4 cm³/mol. The third kappa shape index (κ3) is 3.52. The van der Waals surface area contributed by atoms with Crippen molar-refractivity contribution in [3.8, 4) is 0 Å². The van der Waals surface area contributed by atoms with E-state index in [2.05, 4.69) is 17.3 Å². The SMILES string of the molecule is CN1CCCCC1CNC1CCC2CCCCC2C1. The Balaban J connectivity index is 1.43. The molecule has 3 aliphatic rings. The summed E-state index contributed by atoms with van der Waals surface area (Å²) >= 11 is 0. The highest BCUT2D eigenvalue weighted by atomic mass is 15.2. The smallest absolute Gasteiger partial charge is 0.0217 e. The summed E-state index contributed by atoms with van der Waals surface area (Å²) in [7, 11) is 2.31. The van der Waals surface area contributed by atoms with E-state index in [1.165, 1.54) is 77.3 Å². The molecule has 1 aliphatic heterocycles. The number of likely N-dealkylation sites (N-methyl/N-ethyl adjacent to an activating group) is 1. The van der Waals surface area contributed by atoms with Crippen molar-refractivity contribution < 1.29 is 0 Å². The molecule has 0 radical (unpaired) electrons. The van der Waals surface area contributed by atoms with Gasteiger partial charge in [0.25, 0.3) is 0 Å². The zero-order valence-electron chi connectivity index (χ0n) is 12.7. The average Bonchev–Trinajstić information content (AvgIpc) is 2.46. The molecule has 1 saturated heterocycles. The molecule has 4 atom stereocenters. The lowest BCUT2D eigenvalue weighted by Gasteiger charge is -2.41. The quantitative estimate of drug-likeness (QED) is 0.840. The Morgan fingerprint density at radius 3 is 2.53 bits per heavy atom. The van der Waals surface area contributed by atoms with E-state index in [1.807, 2.05) is 0 Å². The first kappa shape index (κ1) is 13.9. The third-order valence-electron chi connectivity index (χ3n) is 6.10. The molecule has 2 aliphatic carbocycles. The van der Waals surface area contributed by atoms with Crippen molar-refractivity contribution in [3.05, 3.63) is 0 Å². The number of nitrogens with zero attached hydrogens (tertiary/aromatic N) is 1. The summed E-state index contributed by atoms with van der Waals surface area (Å²) in [5.41, 5.74) is 0. The van der Waals surface area contributed by atoms with Crippen LogP contribution in [0, 0.1) is 11.8 Å². The number of piperidine rings is 1. The Bertz CT molecular complexity index is 278. The number of fused-ring (bicyclic) bond motifs is 1. The van der Waals surface area contributed by atoms with Gasteiger partial charge in [0, 0.05) is 18.6 Å². The van der Waals surface area contributed by atoms with Gasteiger partial charge in [-0.25, -0.2) is 0 Å². The second-order valence-corrected chi connectivity index (χ2v) is 7.35. The molecule has 3 rings (SSSR count). The molecule has 0 aromatic carbocycles. The summed E-state index contributed by atoms with van der Waals surface area (Å²) in [6.45, 7) is 2.54. The van der Waals surface area contributed by atoms with E-state index in [1.54, 1.807) is 0 Å². The van der Waals surface area contributed by atoms with Gasteiger partial charge in [0.1, 0.15) is 0 Å². The average molecular weight is 264 g/mol. The van der Waals surface area contributed by atoms with Gasteiger partial charge in [0.05, 0.1) is 0 Å². The Labute approximate surface area is 119 Å². The normalized spacial score (nSPS) is 40.9. The van der Waals surface area contributed by atoms with Crippen LogP contribution in [0.4, 0.5) is 0 Å². The Hall–Kier alpha value is -0.0800. The Morgan fingerprint density at radius 2 is 1.68 bits per heavy atom. The van der Waals surface area contributed by atoms with Gasteiger partial charge in [0.15, 0.2) is 0 Å². The minimum atomic E-state index is 0.804. The summed E-state index contributed by atoms with van der Waals surface area (Å²) in [6, 6.07) is 1.63. The molecule has 0 bridgehead atoms. The highest BCUT2D eigenvalue weighted by Crippen LogP contribution is 2.40. The maximum atomic E-state index is 3.91. The zero-order chi connectivity index (χ0) is 13.1. The van der Waals surface area contributed by atoms with Crippen LogP contribution < -0.4 is 5.32 Å². The number of nitrogens with one attached hydrogen (secondary N) is 1. The van der Waals surface area contributed by atoms with Crippen LogP contribution in [0.2, 0.25) is 0 Å². The van der Waals surface area contributed by atoms with Gasteiger partial charge < -0.3 is 10.2 Å². The molecule has 1 N–H and O–H groups in total. The van der Waals surface area contributed by atoms with Gasteiger partial charge in [-0.2, -0.15) is 0 Å². The van der Waals surface area contributed by atoms with Crippen molar-refractivity contribution in [1.29, 1.82) is 0 Å². The van der Waals surface area contributed by atoms with Gasteiger partial charge in [-0.15, -0.1) is 0 Å². The van der Waals surface area contributed by atoms with Crippen molar-refractivity contribution in [2.45, 2.75) is 76.3 Å². The lowest BCUT2D eigenvalue weighted by molar-refractivity contribution is 0.130. The fraction of sp³-hybridized carbons (Fsp3) is 1.00. The molecule has 2 saturated carbocycles. The third-order valence-corrected chi connectivity index (χ3v) is 6.10.